The molecular weight excluding hydrogens is 371 g/mol. The van der Waals surface area contributed by atoms with Gasteiger partial charge in [-0.15, -0.1) is 0 Å². The number of carboxylic acid groups (broad SMARTS) is 2. The molecule has 0 bridgehead atoms. The molecule has 9 heteroatoms. The minimum atomic E-state index is -4.84. The van der Waals surface area contributed by atoms with Crippen LogP contribution in [0.1, 0.15) is 85.0 Å². The molecule has 0 saturated heterocycles. The van der Waals surface area contributed by atoms with E-state index in [9.17, 15) is 18.0 Å². The van der Waals surface area contributed by atoms with Gasteiger partial charge in [0.15, 0.2) is 5.25 Å². The minimum absolute atomic E-state index is 0. The van der Waals surface area contributed by atoms with E-state index in [1.165, 1.54) is 57.8 Å². The molecule has 0 rings (SSSR count). The molecule has 7 nitrogen and oxygen atoms in total. The second kappa shape index (κ2) is 18.2. The summed E-state index contributed by atoms with van der Waals surface area (Å²) in [5.41, 5.74) is 0. The molecule has 0 fully saturated rings. The van der Waals surface area contributed by atoms with Crippen LogP contribution >= 0.6 is 0 Å². The molecule has 26 heavy (non-hydrogen) atoms. The van der Waals surface area contributed by atoms with E-state index in [-0.39, 0.29) is 29.6 Å². The zero-order valence-electron chi connectivity index (χ0n) is 16.5. The predicted octanol–water partition coefficient (Wildman–Crippen LogP) is 0.938. The van der Waals surface area contributed by atoms with Crippen molar-refractivity contribution in [3.8, 4) is 0 Å². The van der Waals surface area contributed by atoms with E-state index in [2.05, 4.69) is 20.8 Å². The van der Waals surface area contributed by atoms with Gasteiger partial charge in [0.25, 0.3) is 10.1 Å². The molecule has 0 saturated carbocycles. The van der Waals surface area contributed by atoms with Crippen LogP contribution in [0.3, 0.4) is 0 Å². The van der Waals surface area contributed by atoms with E-state index in [1.807, 2.05) is 5.92 Å². The van der Waals surface area contributed by atoms with E-state index in [1.54, 1.807) is 0 Å². The summed E-state index contributed by atoms with van der Waals surface area (Å²) in [6.07, 6.45) is 11.3. The van der Waals surface area contributed by atoms with Crippen LogP contribution in [-0.2, 0) is 19.7 Å². The fourth-order valence-corrected chi connectivity index (χ4v) is 2.97. The normalized spacial score (nSPS) is 11.9. The molecule has 0 heterocycles. The largest absolute Gasteiger partial charge is 1.00 e. The Morgan fingerprint density at radius 3 is 1.65 bits per heavy atom. The molecule has 0 spiro atoms. The molecule has 1 unspecified atom stereocenters. The fourth-order valence-electron chi connectivity index (χ4n) is 2.36. The topological polar surface area (TPSA) is 129 Å². The number of carboxylic acids is 2. The van der Waals surface area contributed by atoms with Gasteiger partial charge in [0, 0.05) is 0 Å². The first-order valence-electron chi connectivity index (χ1n) is 8.84. The van der Waals surface area contributed by atoms with Gasteiger partial charge in [-0.25, -0.2) is 0 Å². The van der Waals surface area contributed by atoms with Crippen molar-refractivity contribution in [1.29, 1.82) is 0 Å². The average molecular weight is 405 g/mol. The second-order valence-electron chi connectivity index (χ2n) is 6.00. The third-order valence-corrected chi connectivity index (χ3v) is 4.67. The van der Waals surface area contributed by atoms with Gasteiger partial charge in [0.2, 0.25) is 0 Å². The maximum atomic E-state index is 10.2. The van der Waals surface area contributed by atoms with Gasteiger partial charge in [0.05, 0.1) is 6.42 Å². The maximum Gasteiger partial charge on any atom is 1.00 e. The van der Waals surface area contributed by atoms with Crippen LogP contribution in [-0.4, -0.2) is 40.4 Å². The first-order chi connectivity index (χ1) is 11.6. The standard InChI is InChI=1S/C13H27.C4H6O7S.Na/c1-4-7-8-9-12-13(10-5-2)11-6-3;5-3(6)1-2(4(7)8)12(9,10)11;/h4-12H2,1-3H3;2H,1H2,(H,5,6)(H,7,8)(H,9,10,11);/q-1;;+1. The number of unbranched alkanes of at least 4 members (excludes halogenated alkanes) is 3. The van der Waals surface area contributed by atoms with Crippen molar-refractivity contribution in [2.75, 3.05) is 0 Å². The van der Waals surface area contributed by atoms with Crippen LogP contribution in [0.2, 0.25) is 0 Å². The molecule has 150 valence electrons. The van der Waals surface area contributed by atoms with Crippen molar-refractivity contribution in [2.45, 2.75) is 90.2 Å². The first-order valence-corrected chi connectivity index (χ1v) is 10.3. The van der Waals surface area contributed by atoms with E-state index in [0.29, 0.717) is 0 Å². The number of carbonyl (C=O) groups is 2. The van der Waals surface area contributed by atoms with Crippen molar-refractivity contribution in [2.24, 2.45) is 0 Å². The third-order valence-electron chi connectivity index (χ3n) is 3.59. The monoisotopic (exact) mass is 404 g/mol. The Morgan fingerprint density at radius 2 is 1.38 bits per heavy atom. The van der Waals surface area contributed by atoms with E-state index in [0.717, 1.165) is 0 Å². The summed E-state index contributed by atoms with van der Waals surface area (Å²) in [7, 11) is -4.84. The molecule has 0 aromatic heterocycles. The molecule has 0 radical (unpaired) electrons. The molecule has 0 aliphatic heterocycles. The Balaban J connectivity index is -0.000000393. The van der Waals surface area contributed by atoms with Gasteiger partial charge in [-0.1, -0.05) is 59.3 Å². The van der Waals surface area contributed by atoms with Gasteiger partial charge < -0.3 is 16.1 Å². The average Bonchev–Trinajstić information content (AvgIpc) is 2.49. The maximum absolute atomic E-state index is 10.2. The smallest absolute Gasteiger partial charge is 0.481 e. The Kier molecular flexibility index (Phi) is 21.4. The van der Waals surface area contributed by atoms with Crippen molar-refractivity contribution in [1.82, 2.24) is 0 Å². The molecular formula is C17H33NaO7S. The quantitative estimate of drug-likeness (QED) is 0.180. The van der Waals surface area contributed by atoms with Crippen LogP contribution in [0.4, 0.5) is 0 Å². The van der Waals surface area contributed by atoms with Crippen LogP contribution < -0.4 is 29.6 Å². The zero-order chi connectivity index (χ0) is 19.9. The Bertz CT molecular complexity index is 460. The second-order valence-corrected chi connectivity index (χ2v) is 7.60. The summed E-state index contributed by atoms with van der Waals surface area (Å²) >= 11 is 0. The number of rotatable bonds is 13. The minimum Gasteiger partial charge on any atom is -0.481 e. The molecule has 1 atom stereocenters. The van der Waals surface area contributed by atoms with Gasteiger partial charge in [-0.3, -0.25) is 14.1 Å². The Hall–Kier alpha value is -0.150. The van der Waals surface area contributed by atoms with Crippen molar-refractivity contribution in [3.63, 3.8) is 0 Å². The van der Waals surface area contributed by atoms with Crippen molar-refractivity contribution < 1.29 is 62.3 Å². The third kappa shape index (κ3) is 18.6. The van der Waals surface area contributed by atoms with Crippen LogP contribution in [0.5, 0.6) is 0 Å². The van der Waals surface area contributed by atoms with Crippen LogP contribution in [0.25, 0.3) is 0 Å². The first kappa shape index (κ1) is 30.6. The summed E-state index contributed by atoms with van der Waals surface area (Å²) in [5.74, 6) is -1.68. The summed E-state index contributed by atoms with van der Waals surface area (Å²) in [5, 5.41) is 13.9. The number of hydrogen-bond donors (Lipinski definition) is 3. The SMILES string of the molecule is CCCCCC[C-](CCC)CCC.O=C(O)CC(C(=O)O)S(=O)(=O)O.[Na+]. The molecule has 0 aromatic rings. The summed E-state index contributed by atoms with van der Waals surface area (Å²) in [6.45, 7) is 6.87. The van der Waals surface area contributed by atoms with Crippen molar-refractivity contribution in [3.05, 3.63) is 5.92 Å². The van der Waals surface area contributed by atoms with Crippen molar-refractivity contribution >= 4 is 22.1 Å². The van der Waals surface area contributed by atoms with Gasteiger partial charge in [0.1, 0.15) is 0 Å². The van der Waals surface area contributed by atoms with E-state index < -0.39 is 33.7 Å². The van der Waals surface area contributed by atoms with Crippen LogP contribution in [0.15, 0.2) is 0 Å². The summed E-state index contributed by atoms with van der Waals surface area (Å²) in [6, 6.07) is 0. The number of aliphatic carboxylic acids is 2. The fraction of sp³-hybridized carbons (Fsp3) is 0.824. The van der Waals surface area contributed by atoms with Gasteiger partial charge >= 0.3 is 41.5 Å². The molecule has 3 N–H and O–H groups in total. The van der Waals surface area contributed by atoms with Gasteiger partial charge in [-0.05, 0) is 0 Å². The summed E-state index contributed by atoms with van der Waals surface area (Å²) in [4.78, 5) is 20.0. The predicted molar refractivity (Wildman–Crippen MR) is 97.0 cm³/mol. The molecule has 0 amide bonds. The van der Waals surface area contributed by atoms with E-state index >= 15 is 0 Å². The summed E-state index contributed by atoms with van der Waals surface area (Å²) < 4.78 is 28.7. The Morgan fingerprint density at radius 1 is 0.885 bits per heavy atom. The Labute approximate surface area is 180 Å². The molecule has 0 aliphatic carbocycles. The van der Waals surface area contributed by atoms with Crippen LogP contribution in [0, 0.1) is 5.92 Å². The zero-order valence-corrected chi connectivity index (χ0v) is 19.3. The number of hydrogen-bond acceptors (Lipinski definition) is 4. The molecule has 0 aliphatic rings. The van der Waals surface area contributed by atoms with Gasteiger partial charge in [-0.2, -0.15) is 27.7 Å². The van der Waals surface area contributed by atoms with E-state index in [4.69, 9.17) is 14.8 Å². The molecule has 0 aromatic carbocycles.